The fourth-order valence-corrected chi connectivity index (χ4v) is 4.45. The number of anilines is 1. The molecule has 0 radical (unpaired) electrons. The lowest BCUT2D eigenvalue weighted by atomic mass is 10.1. The van der Waals surface area contributed by atoms with Crippen molar-refractivity contribution in [2.24, 2.45) is 4.99 Å². The highest BCUT2D eigenvalue weighted by Gasteiger charge is 2.20. The molecule has 26 heavy (non-hydrogen) atoms. The highest BCUT2D eigenvalue weighted by molar-refractivity contribution is 14.0. The quantitative estimate of drug-likeness (QED) is 0.263. The molecule has 148 valence electrons. The van der Waals surface area contributed by atoms with Gasteiger partial charge in [0.1, 0.15) is 0 Å². The molecule has 1 saturated heterocycles. The average molecular weight is 492 g/mol. The van der Waals surface area contributed by atoms with Gasteiger partial charge in [-0.3, -0.25) is 4.99 Å². The number of piperidine rings is 1. The molecule has 1 aromatic heterocycles. The number of guanidine groups is 1. The predicted octanol–water partition coefficient (Wildman–Crippen LogP) is 3.85. The zero-order valence-electron chi connectivity index (χ0n) is 15.8. The van der Waals surface area contributed by atoms with Crippen LogP contribution >= 0.6 is 35.3 Å². The van der Waals surface area contributed by atoms with Gasteiger partial charge in [-0.2, -0.15) is 0 Å². The Labute approximate surface area is 179 Å². The van der Waals surface area contributed by atoms with E-state index in [0.717, 1.165) is 51.5 Å². The Balaban J connectivity index is 0.00000243. The summed E-state index contributed by atoms with van der Waals surface area (Å²) >= 11 is 1.83. The van der Waals surface area contributed by atoms with E-state index in [9.17, 15) is 0 Å². The number of aliphatic imine (C=N–C) groups is 1. The number of thiophene rings is 1. The predicted molar refractivity (Wildman–Crippen MR) is 122 cm³/mol. The van der Waals surface area contributed by atoms with E-state index < -0.39 is 0 Å². The summed E-state index contributed by atoms with van der Waals surface area (Å²) in [5, 5.41) is 10.6. The lowest BCUT2D eigenvalue weighted by Gasteiger charge is -2.33. The van der Waals surface area contributed by atoms with Gasteiger partial charge in [-0.05, 0) is 49.6 Å². The molecule has 0 amide bonds. The Bertz CT molecular complexity index is 512. The van der Waals surface area contributed by atoms with Gasteiger partial charge in [-0.15, -0.1) is 35.3 Å². The molecule has 0 unspecified atom stereocenters. The molecule has 1 aliphatic carbocycles. The van der Waals surface area contributed by atoms with Crippen LogP contribution < -0.4 is 15.5 Å². The Morgan fingerprint density at radius 3 is 2.69 bits per heavy atom. The van der Waals surface area contributed by atoms with E-state index in [1.54, 1.807) is 0 Å². The maximum atomic E-state index is 5.91. The molecule has 1 aliphatic heterocycles. The highest BCUT2D eigenvalue weighted by Crippen LogP contribution is 2.24. The molecular formula is C19H33IN4OS. The lowest BCUT2D eigenvalue weighted by Crippen LogP contribution is -2.48. The maximum absolute atomic E-state index is 5.91. The van der Waals surface area contributed by atoms with E-state index in [1.807, 2.05) is 18.4 Å². The first kappa shape index (κ1) is 21.8. The monoisotopic (exact) mass is 492 g/mol. The van der Waals surface area contributed by atoms with Gasteiger partial charge >= 0.3 is 0 Å². The van der Waals surface area contributed by atoms with Crippen molar-refractivity contribution in [3.8, 4) is 0 Å². The van der Waals surface area contributed by atoms with Crippen LogP contribution in [-0.4, -0.2) is 51.4 Å². The fraction of sp³-hybridized carbons (Fsp3) is 0.737. The second-order valence-electron chi connectivity index (χ2n) is 6.99. The van der Waals surface area contributed by atoms with Crippen LogP contribution in [0.2, 0.25) is 0 Å². The first-order chi connectivity index (χ1) is 12.3. The van der Waals surface area contributed by atoms with Crippen molar-refractivity contribution >= 4 is 46.3 Å². The number of ether oxygens (including phenoxy) is 1. The fourth-order valence-electron chi connectivity index (χ4n) is 3.67. The van der Waals surface area contributed by atoms with E-state index >= 15 is 0 Å². The van der Waals surface area contributed by atoms with Crippen molar-refractivity contribution in [3.63, 3.8) is 0 Å². The molecular weight excluding hydrogens is 459 g/mol. The maximum Gasteiger partial charge on any atom is 0.191 e. The SMILES string of the molecule is CN=C(NCCCOC1CCCC1)NC1CCN(c2cccs2)CC1.I. The molecule has 2 N–H and O–H groups in total. The molecule has 0 spiro atoms. The van der Waals surface area contributed by atoms with Crippen molar-refractivity contribution in [3.05, 3.63) is 17.5 Å². The molecule has 1 aromatic rings. The average Bonchev–Trinajstić information content (AvgIpc) is 3.35. The molecule has 3 rings (SSSR count). The van der Waals surface area contributed by atoms with Crippen molar-refractivity contribution in [1.82, 2.24) is 10.6 Å². The molecule has 2 heterocycles. The van der Waals surface area contributed by atoms with E-state index in [2.05, 4.69) is 38.0 Å². The number of hydrogen-bond donors (Lipinski definition) is 2. The van der Waals surface area contributed by atoms with Crippen LogP contribution in [0.4, 0.5) is 5.00 Å². The van der Waals surface area contributed by atoms with E-state index in [1.165, 1.54) is 30.7 Å². The van der Waals surface area contributed by atoms with Crippen LogP contribution in [0.15, 0.2) is 22.5 Å². The van der Waals surface area contributed by atoms with Gasteiger partial charge in [0.15, 0.2) is 5.96 Å². The van der Waals surface area contributed by atoms with Gasteiger partial charge in [0.2, 0.25) is 0 Å². The summed E-state index contributed by atoms with van der Waals surface area (Å²) in [7, 11) is 1.85. The zero-order chi connectivity index (χ0) is 17.3. The number of nitrogens with zero attached hydrogens (tertiary/aromatic N) is 2. The summed E-state index contributed by atoms with van der Waals surface area (Å²) in [4.78, 5) is 6.85. The van der Waals surface area contributed by atoms with Gasteiger partial charge in [-0.25, -0.2) is 0 Å². The van der Waals surface area contributed by atoms with Gasteiger partial charge in [0.25, 0.3) is 0 Å². The standard InChI is InChI=1S/C19H32N4OS.HI/c1-20-19(21-11-5-14-24-17-6-2-3-7-17)22-16-9-12-23(13-10-16)18-8-4-15-25-18;/h4,8,15-17H,2-3,5-7,9-14H2,1H3,(H2,20,21,22);1H. The molecule has 5 nitrogen and oxygen atoms in total. The van der Waals surface area contributed by atoms with Crippen LogP contribution in [0, 0.1) is 0 Å². The van der Waals surface area contributed by atoms with Gasteiger partial charge in [-0.1, -0.05) is 12.8 Å². The highest BCUT2D eigenvalue weighted by atomic mass is 127. The Morgan fingerprint density at radius 2 is 2.04 bits per heavy atom. The first-order valence-electron chi connectivity index (χ1n) is 9.72. The smallest absolute Gasteiger partial charge is 0.191 e. The number of rotatable bonds is 7. The zero-order valence-corrected chi connectivity index (χ0v) is 18.9. The summed E-state index contributed by atoms with van der Waals surface area (Å²) in [5.74, 6) is 0.926. The van der Waals surface area contributed by atoms with Crippen LogP contribution in [0.5, 0.6) is 0 Å². The van der Waals surface area contributed by atoms with Crippen molar-refractivity contribution in [1.29, 1.82) is 0 Å². The Hall–Kier alpha value is -0.540. The lowest BCUT2D eigenvalue weighted by molar-refractivity contribution is 0.0574. The minimum absolute atomic E-state index is 0. The van der Waals surface area contributed by atoms with Crippen molar-refractivity contribution < 1.29 is 4.74 Å². The Kier molecular flexibility index (Phi) is 10.1. The van der Waals surface area contributed by atoms with Gasteiger partial charge in [0, 0.05) is 39.3 Å². The van der Waals surface area contributed by atoms with Crippen LogP contribution in [-0.2, 0) is 4.74 Å². The molecule has 2 fully saturated rings. The third-order valence-electron chi connectivity index (χ3n) is 5.15. The Morgan fingerprint density at radius 1 is 1.27 bits per heavy atom. The van der Waals surface area contributed by atoms with Crippen LogP contribution in [0.25, 0.3) is 0 Å². The minimum atomic E-state index is 0. The minimum Gasteiger partial charge on any atom is -0.378 e. The largest absolute Gasteiger partial charge is 0.378 e. The van der Waals surface area contributed by atoms with E-state index in [0.29, 0.717) is 12.1 Å². The molecule has 0 atom stereocenters. The van der Waals surface area contributed by atoms with E-state index in [4.69, 9.17) is 4.74 Å². The first-order valence-corrected chi connectivity index (χ1v) is 10.6. The third kappa shape index (κ3) is 6.88. The molecule has 0 aromatic carbocycles. The summed E-state index contributed by atoms with van der Waals surface area (Å²) in [5.41, 5.74) is 0. The second kappa shape index (κ2) is 12.0. The van der Waals surface area contributed by atoms with Gasteiger partial charge < -0.3 is 20.3 Å². The van der Waals surface area contributed by atoms with Crippen LogP contribution in [0.1, 0.15) is 44.9 Å². The molecule has 7 heteroatoms. The number of nitrogens with one attached hydrogen (secondary N) is 2. The summed E-state index contributed by atoms with van der Waals surface area (Å²) in [6.07, 6.45) is 9.05. The van der Waals surface area contributed by atoms with E-state index in [-0.39, 0.29) is 24.0 Å². The number of halogens is 1. The van der Waals surface area contributed by atoms with Crippen molar-refractivity contribution in [2.75, 3.05) is 38.2 Å². The summed E-state index contributed by atoms with van der Waals surface area (Å²) in [6, 6.07) is 4.86. The summed E-state index contributed by atoms with van der Waals surface area (Å²) in [6.45, 7) is 4.00. The van der Waals surface area contributed by atoms with Gasteiger partial charge in [0.05, 0.1) is 11.1 Å². The summed E-state index contributed by atoms with van der Waals surface area (Å²) < 4.78 is 5.91. The normalized spacial score (nSPS) is 19.4. The van der Waals surface area contributed by atoms with Crippen molar-refractivity contribution in [2.45, 2.75) is 57.1 Å². The third-order valence-corrected chi connectivity index (χ3v) is 6.08. The topological polar surface area (TPSA) is 48.9 Å². The molecule has 1 saturated carbocycles. The number of hydrogen-bond acceptors (Lipinski definition) is 4. The van der Waals surface area contributed by atoms with Crippen LogP contribution in [0.3, 0.4) is 0 Å². The second-order valence-corrected chi connectivity index (χ2v) is 7.91. The molecule has 0 bridgehead atoms. The molecule has 2 aliphatic rings.